The summed E-state index contributed by atoms with van der Waals surface area (Å²) < 4.78 is 4.99. The summed E-state index contributed by atoms with van der Waals surface area (Å²) in [5, 5.41) is 0. The van der Waals surface area contributed by atoms with Gasteiger partial charge in [-0.15, -0.1) is 0 Å². The van der Waals surface area contributed by atoms with Crippen LogP contribution in [-0.2, 0) is 11.8 Å². The van der Waals surface area contributed by atoms with E-state index in [2.05, 4.69) is 16.7 Å². The second-order valence-corrected chi connectivity index (χ2v) is 12.1. The summed E-state index contributed by atoms with van der Waals surface area (Å²) in [5.41, 5.74) is 2.66. The first-order chi connectivity index (χ1) is 20.2. The largest absolute Gasteiger partial charge is 0.353 e. The molecule has 1 aromatic carbocycles. The molecule has 4 aromatic rings. The number of piperazine rings is 1. The second-order valence-electron chi connectivity index (χ2n) is 10.4. The number of hydrogen-bond acceptors (Lipinski definition) is 8. The molecule has 3 aromatic heterocycles. The van der Waals surface area contributed by atoms with Crippen molar-refractivity contribution in [3.63, 3.8) is 0 Å². The summed E-state index contributed by atoms with van der Waals surface area (Å²) in [5.74, 6) is 0.115. The van der Waals surface area contributed by atoms with Gasteiger partial charge in [-0.2, -0.15) is 0 Å². The normalized spacial score (nSPS) is 17.3. The lowest BCUT2D eigenvalue weighted by Crippen LogP contribution is -2.47. The average Bonchev–Trinajstić information content (AvgIpc) is 3.39. The van der Waals surface area contributed by atoms with E-state index in [1.54, 1.807) is 30.9 Å². The van der Waals surface area contributed by atoms with Crippen molar-refractivity contribution in [1.29, 1.82) is 0 Å². The lowest BCUT2D eigenvalue weighted by atomic mass is 10.2. The van der Waals surface area contributed by atoms with Crippen LogP contribution in [0, 0.1) is 13.8 Å². The third-order valence-corrected chi connectivity index (χ3v) is 9.30. The molecular weight excluding hydrogens is 571 g/mol. The summed E-state index contributed by atoms with van der Waals surface area (Å²) in [6, 6.07) is 13.0. The molecule has 0 aliphatic carbocycles. The molecule has 12 heteroatoms. The molecule has 0 radical (unpaired) electrons. The third kappa shape index (κ3) is 4.59. The maximum atomic E-state index is 13.9. The first-order valence-electron chi connectivity index (χ1n) is 13.8. The first-order valence-corrected chi connectivity index (χ1v) is 15.0. The highest BCUT2D eigenvalue weighted by Gasteiger charge is 2.38. The van der Waals surface area contributed by atoms with Gasteiger partial charge in [0.2, 0.25) is 0 Å². The molecule has 2 fully saturated rings. The van der Waals surface area contributed by atoms with Crippen molar-refractivity contribution in [3.05, 3.63) is 91.1 Å². The number of likely N-dealkylation sites (N-methyl/N-ethyl adjacent to an activating group) is 1. The maximum absolute atomic E-state index is 13.9. The average molecular weight is 602 g/mol. The molecule has 6 rings (SSSR count). The quantitative estimate of drug-likeness (QED) is 0.254. The van der Waals surface area contributed by atoms with E-state index in [1.165, 1.54) is 14.0 Å². The number of amides is 1. The van der Waals surface area contributed by atoms with E-state index in [1.807, 2.05) is 49.4 Å². The zero-order valence-electron chi connectivity index (χ0n) is 23.9. The standard InChI is InChI=1S/C30H31N7O3S2/c1-5-33-14-16-34(17-15-33)26-22(27(38)35-13-9-10-19(2)25(35)31-26)18-23-28(39)36(30(41)42-23)24-20(3)32(4)37(29(24)40)21-11-7-6-8-12-21/h6-13,18H,5,14-17H2,1-4H3. The van der Waals surface area contributed by atoms with Crippen molar-refractivity contribution in [2.75, 3.05) is 42.5 Å². The first kappa shape index (κ1) is 28.1. The van der Waals surface area contributed by atoms with Crippen LogP contribution >= 0.6 is 24.0 Å². The van der Waals surface area contributed by atoms with Gasteiger partial charge in [-0.3, -0.25) is 28.4 Å². The summed E-state index contributed by atoms with van der Waals surface area (Å²) in [6.45, 7) is 9.95. The Hall–Kier alpha value is -4.00. The SMILES string of the molecule is CCN1CCN(c2nc3c(C)cccn3c(=O)c2C=C2SC(=S)N(c3c(C)n(C)n(-c4ccccc4)c3=O)C2=O)CC1. The Labute approximate surface area is 252 Å². The lowest BCUT2D eigenvalue weighted by molar-refractivity contribution is -0.113. The van der Waals surface area contributed by atoms with Crippen LogP contribution in [0.4, 0.5) is 11.5 Å². The molecule has 10 nitrogen and oxygen atoms in total. The molecule has 0 spiro atoms. The van der Waals surface area contributed by atoms with E-state index in [9.17, 15) is 14.4 Å². The molecule has 42 heavy (non-hydrogen) atoms. The maximum Gasteiger partial charge on any atom is 0.296 e. The van der Waals surface area contributed by atoms with Crippen LogP contribution in [0.1, 0.15) is 23.7 Å². The smallest absolute Gasteiger partial charge is 0.296 e. The van der Waals surface area contributed by atoms with Gasteiger partial charge in [-0.05, 0) is 50.2 Å². The Morgan fingerprint density at radius 2 is 1.69 bits per heavy atom. The minimum absolute atomic E-state index is 0.201. The predicted molar refractivity (Wildman–Crippen MR) is 172 cm³/mol. The van der Waals surface area contributed by atoms with Crippen molar-refractivity contribution < 1.29 is 4.79 Å². The number of anilines is 2. The van der Waals surface area contributed by atoms with Crippen LogP contribution in [0.25, 0.3) is 17.4 Å². The van der Waals surface area contributed by atoms with Crippen LogP contribution < -0.4 is 20.9 Å². The van der Waals surface area contributed by atoms with Crippen LogP contribution in [0.15, 0.2) is 63.2 Å². The number of aryl methyl sites for hydroxylation is 1. The molecule has 0 atom stereocenters. The molecule has 0 saturated carbocycles. The Morgan fingerprint density at radius 3 is 2.38 bits per heavy atom. The van der Waals surface area contributed by atoms with Gasteiger partial charge in [0, 0.05) is 39.4 Å². The fraction of sp³-hybridized carbons (Fsp3) is 0.300. The van der Waals surface area contributed by atoms with Gasteiger partial charge in [-0.25, -0.2) is 9.67 Å². The zero-order chi connectivity index (χ0) is 29.7. The summed E-state index contributed by atoms with van der Waals surface area (Å²) in [6.07, 6.45) is 3.29. The Balaban J connectivity index is 1.46. The zero-order valence-corrected chi connectivity index (χ0v) is 25.5. The minimum Gasteiger partial charge on any atom is -0.353 e. The summed E-state index contributed by atoms with van der Waals surface area (Å²) in [4.78, 5) is 52.5. The molecule has 0 bridgehead atoms. The molecule has 2 aliphatic heterocycles. The number of aromatic nitrogens is 4. The number of hydrogen-bond donors (Lipinski definition) is 0. The van der Waals surface area contributed by atoms with Crippen LogP contribution in [-0.4, -0.2) is 66.6 Å². The number of thiocarbonyl (C=S) groups is 1. The number of fused-ring (bicyclic) bond motifs is 1. The molecule has 0 unspecified atom stereocenters. The monoisotopic (exact) mass is 601 g/mol. The number of rotatable bonds is 5. The van der Waals surface area contributed by atoms with Gasteiger partial charge in [0.15, 0.2) is 4.32 Å². The number of nitrogens with zero attached hydrogens (tertiary/aromatic N) is 7. The van der Waals surface area contributed by atoms with Gasteiger partial charge < -0.3 is 9.80 Å². The van der Waals surface area contributed by atoms with Crippen molar-refractivity contribution in [2.24, 2.45) is 7.05 Å². The van der Waals surface area contributed by atoms with Gasteiger partial charge in [0.25, 0.3) is 17.0 Å². The van der Waals surface area contributed by atoms with E-state index in [0.717, 1.165) is 37.0 Å². The van der Waals surface area contributed by atoms with E-state index in [4.69, 9.17) is 17.2 Å². The van der Waals surface area contributed by atoms with E-state index in [-0.39, 0.29) is 26.0 Å². The van der Waals surface area contributed by atoms with Crippen molar-refractivity contribution >= 4 is 57.4 Å². The number of carbonyl (C=O) groups excluding carboxylic acids is 1. The lowest BCUT2D eigenvalue weighted by Gasteiger charge is -2.35. The molecule has 0 N–H and O–H groups in total. The highest BCUT2D eigenvalue weighted by Crippen LogP contribution is 2.37. The van der Waals surface area contributed by atoms with Crippen molar-refractivity contribution in [1.82, 2.24) is 23.6 Å². The minimum atomic E-state index is -0.438. The number of thioether (sulfide) groups is 1. The van der Waals surface area contributed by atoms with Crippen LogP contribution in [0.5, 0.6) is 0 Å². The second kappa shape index (κ2) is 11.0. The topological polar surface area (TPSA) is 88.1 Å². The van der Waals surface area contributed by atoms with E-state index in [0.29, 0.717) is 41.5 Å². The van der Waals surface area contributed by atoms with Gasteiger partial charge in [-0.1, -0.05) is 55.2 Å². The van der Waals surface area contributed by atoms with Gasteiger partial charge in [0.1, 0.15) is 17.2 Å². The highest BCUT2D eigenvalue weighted by atomic mass is 32.2. The van der Waals surface area contributed by atoms with Crippen molar-refractivity contribution in [2.45, 2.75) is 20.8 Å². The number of benzene rings is 1. The molecule has 216 valence electrons. The summed E-state index contributed by atoms with van der Waals surface area (Å²) >= 11 is 6.73. The van der Waals surface area contributed by atoms with Crippen LogP contribution in [0.2, 0.25) is 0 Å². The van der Waals surface area contributed by atoms with Gasteiger partial charge >= 0.3 is 0 Å². The van der Waals surface area contributed by atoms with E-state index >= 15 is 0 Å². The molecule has 1 amide bonds. The molecule has 2 aliphatic rings. The highest BCUT2D eigenvalue weighted by molar-refractivity contribution is 8.27. The number of pyridine rings is 1. The van der Waals surface area contributed by atoms with Crippen molar-refractivity contribution in [3.8, 4) is 5.69 Å². The third-order valence-electron chi connectivity index (χ3n) is 8.00. The predicted octanol–water partition coefficient (Wildman–Crippen LogP) is 3.35. The van der Waals surface area contributed by atoms with Crippen LogP contribution in [0.3, 0.4) is 0 Å². The fourth-order valence-corrected chi connectivity index (χ4v) is 6.80. The molecular formula is C30H31N7O3S2. The summed E-state index contributed by atoms with van der Waals surface area (Å²) in [7, 11) is 1.77. The Kier molecular flexibility index (Phi) is 7.37. The Morgan fingerprint density at radius 1 is 0.976 bits per heavy atom. The Bertz CT molecular complexity index is 1880. The molecule has 5 heterocycles. The number of para-hydroxylation sites is 1. The van der Waals surface area contributed by atoms with E-state index < -0.39 is 5.91 Å². The van der Waals surface area contributed by atoms with Gasteiger partial charge in [0.05, 0.1) is 21.8 Å². The fourth-order valence-electron chi connectivity index (χ4n) is 5.55. The molecule has 2 saturated heterocycles. The number of carbonyl (C=O) groups is 1.